The maximum absolute atomic E-state index is 13.0. The molecule has 1 amide bonds. The van der Waals surface area contributed by atoms with Gasteiger partial charge in [-0.2, -0.15) is 5.10 Å². The second kappa shape index (κ2) is 6.95. The maximum atomic E-state index is 13.0. The number of aromatic nitrogens is 3. The van der Waals surface area contributed by atoms with Gasteiger partial charge in [-0.25, -0.2) is 4.39 Å². The molecule has 6 nitrogen and oxygen atoms in total. The van der Waals surface area contributed by atoms with E-state index in [2.05, 4.69) is 20.1 Å². The highest BCUT2D eigenvalue weighted by Gasteiger charge is 2.23. The number of benzene rings is 1. The normalized spacial score (nSPS) is 14.5. The van der Waals surface area contributed by atoms with Gasteiger partial charge in [-0.05, 0) is 42.5 Å². The lowest BCUT2D eigenvalue weighted by molar-refractivity contribution is 0.0741. The van der Waals surface area contributed by atoms with Crippen LogP contribution in [0.1, 0.15) is 10.5 Å². The Morgan fingerprint density at radius 2 is 1.85 bits per heavy atom. The van der Waals surface area contributed by atoms with Crippen molar-refractivity contribution in [3.05, 3.63) is 66.4 Å². The van der Waals surface area contributed by atoms with Crippen molar-refractivity contribution in [3.63, 3.8) is 0 Å². The van der Waals surface area contributed by atoms with Gasteiger partial charge in [0.1, 0.15) is 11.5 Å². The topological polar surface area (TPSA) is 65.1 Å². The van der Waals surface area contributed by atoms with Gasteiger partial charge in [0, 0.05) is 49.8 Å². The van der Waals surface area contributed by atoms with Gasteiger partial charge < -0.3 is 9.80 Å². The molecule has 7 heteroatoms. The number of pyridine rings is 1. The van der Waals surface area contributed by atoms with Crippen molar-refractivity contribution in [2.75, 3.05) is 31.1 Å². The quantitative estimate of drug-likeness (QED) is 0.788. The first-order valence-electron chi connectivity index (χ1n) is 8.46. The van der Waals surface area contributed by atoms with Crippen LogP contribution in [0.4, 0.5) is 10.1 Å². The number of carbonyl (C=O) groups is 1. The van der Waals surface area contributed by atoms with E-state index < -0.39 is 0 Å². The predicted octanol–water partition coefficient (Wildman–Crippen LogP) is 2.57. The Morgan fingerprint density at radius 1 is 1.08 bits per heavy atom. The summed E-state index contributed by atoms with van der Waals surface area (Å²) in [5, 5.41) is 7.04. The largest absolute Gasteiger partial charge is 0.368 e. The molecule has 0 radical (unpaired) electrons. The van der Waals surface area contributed by atoms with E-state index in [1.165, 1.54) is 12.1 Å². The summed E-state index contributed by atoms with van der Waals surface area (Å²) < 4.78 is 13.0. The van der Waals surface area contributed by atoms with Crippen molar-refractivity contribution in [3.8, 4) is 11.3 Å². The molecule has 1 saturated heterocycles. The molecule has 0 unspecified atom stereocenters. The van der Waals surface area contributed by atoms with Crippen LogP contribution in [0.2, 0.25) is 0 Å². The molecule has 1 N–H and O–H groups in total. The number of amides is 1. The smallest absolute Gasteiger partial charge is 0.272 e. The average molecular weight is 351 g/mol. The highest BCUT2D eigenvalue weighted by molar-refractivity contribution is 5.93. The third-order valence-electron chi connectivity index (χ3n) is 4.52. The molecule has 1 fully saturated rings. The average Bonchev–Trinajstić information content (AvgIpc) is 3.19. The Balaban J connectivity index is 1.41. The first kappa shape index (κ1) is 16.3. The third-order valence-corrected chi connectivity index (χ3v) is 4.52. The molecule has 1 aliphatic rings. The zero-order valence-corrected chi connectivity index (χ0v) is 14.1. The summed E-state index contributed by atoms with van der Waals surface area (Å²) in [7, 11) is 0. The first-order chi connectivity index (χ1) is 12.7. The molecule has 2 aromatic heterocycles. The Bertz CT molecular complexity index is 886. The van der Waals surface area contributed by atoms with Gasteiger partial charge in [0.25, 0.3) is 5.91 Å². The second-order valence-corrected chi connectivity index (χ2v) is 6.16. The number of halogens is 1. The van der Waals surface area contributed by atoms with Crippen LogP contribution in [0.25, 0.3) is 11.3 Å². The van der Waals surface area contributed by atoms with Crippen LogP contribution in [0, 0.1) is 5.82 Å². The minimum atomic E-state index is -0.244. The highest BCUT2D eigenvalue weighted by Crippen LogP contribution is 2.19. The van der Waals surface area contributed by atoms with Gasteiger partial charge in [-0.1, -0.05) is 0 Å². The molecule has 26 heavy (non-hydrogen) atoms. The Morgan fingerprint density at radius 3 is 2.54 bits per heavy atom. The molecule has 0 aliphatic carbocycles. The number of carbonyl (C=O) groups excluding carboxylic acids is 1. The fourth-order valence-corrected chi connectivity index (χ4v) is 3.08. The maximum Gasteiger partial charge on any atom is 0.272 e. The lowest BCUT2D eigenvalue weighted by atomic mass is 10.2. The van der Waals surface area contributed by atoms with E-state index in [9.17, 15) is 9.18 Å². The fourth-order valence-electron chi connectivity index (χ4n) is 3.08. The summed E-state index contributed by atoms with van der Waals surface area (Å²) in [4.78, 5) is 20.7. The van der Waals surface area contributed by atoms with E-state index in [0.29, 0.717) is 37.6 Å². The van der Waals surface area contributed by atoms with E-state index in [1.807, 2.05) is 12.1 Å². The van der Waals surface area contributed by atoms with Crippen LogP contribution in [0.5, 0.6) is 0 Å². The molecule has 0 bridgehead atoms. The Labute approximate surface area is 150 Å². The molecular weight excluding hydrogens is 333 g/mol. The summed E-state index contributed by atoms with van der Waals surface area (Å²) in [5.41, 5.74) is 3.01. The van der Waals surface area contributed by atoms with Crippen LogP contribution in [0.3, 0.4) is 0 Å². The summed E-state index contributed by atoms with van der Waals surface area (Å²) in [6, 6.07) is 11.9. The molecule has 0 saturated carbocycles. The number of H-pyrrole nitrogens is 1. The number of rotatable bonds is 3. The summed E-state index contributed by atoms with van der Waals surface area (Å²) in [5.74, 6) is -0.308. The third kappa shape index (κ3) is 3.28. The number of anilines is 1. The lowest BCUT2D eigenvalue weighted by Crippen LogP contribution is -2.48. The highest BCUT2D eigenvalue weighted by atomic mass is 19.1. The van der Waals surface area contributed by atoms with Crippen molar-refractivity contribution >= 4 is 11.6 Å². The van der Waals surface area contributed by atoms with Crippen LogP contribution < -0.4 is 4.90 Å². The van der Waals surface area contributed by atoms with Crippen LogP contribution >= 0.6 is 0 Å². The molecule has 1 aliphatic heterocycles. The standard InChI is InChI=1S/C19H18FN5O/c20-15-3-5-16(6-4-15)24-8-10-25(11-9-24)19(26)18-12-17(22-23-18)14-2-1-7-21-13-14/h1-7,12-13H,8-11H2,(H,22,23). The molecular formula is C19H18FN5O. The van der Waals surface area contributed by atoms with Crippen LogP contribution in [-0.2, 0) is 0 Å². The minimum Gasteiger partial charge on any atom is -0.368 e. The SMILES string of the molecule is O=C(c1cc(-c2cccnc2)n[nH]1)N1CCN(c2ccc(F)cc2)CC1. The molecule has 3 heterocycles. The number of nitrogens with one attached hydrogen (secondary N) is 1. The molecule has 1 aromatic carbocycles. The predicted molar refractivity (Wildman–Crippen MR) is 96.3 cm³/mol. The zero-order valence-electron chi connectivity index (χ0n) is 14.1. The van der Waals surface area contributed by atoms with Gasteiger partial charge in [-0.15, -0.1) is 0 Å². The van der Waals surface area contributed by atoms with E-state index >= 15 is 0 Å². The molecule has 4 rings (SSSR count). The number of piperazine rings is 1. The van der Waals surface area contributed by atoms with Crippen LogP contribution in [-0.4, -0.2) is 52.2 Å². The molecule has 0 atom stereocenters. The summed E-state index contributed by atoms with van der Waals surface area (Å²) in [6.07, 6.45) is 3.41. The van der Waals surface area contributed by atoms with Gasteiger partial charge in [-0.3, -0.25) is 14.9 Å². The molecule has 3 aromatic rings. The van der Waals surface area contributed by atoms with Gasteiger partial charge in [0.05, 0.1) is 5.69 Å². The zero-order chi connectivity index (χ0) is 17.9. The fraction of sp³-hybridized carbons (Fsp3) is 0.211. The van der Waals surface area contributed by atoms with Crippen molar-refractivity contribution in [1.82, 2.24) is 20.1 Å². The summed E-state index contributed by atoms with van der Waals surface area (Å²) in [6.45, 7) is 2.64. The number of aromatic amines is 1. The molecule has 0 spiro atoms. The van der Waals surface area contributed by atoms with Gasteiger partial charge >= 0.3 is 0 Å². The molecule has 132 valence electrons. The first-order valence-corrected chi connectivity index (χ1v) is 8.46. The van der Waals surface area contributed by atoms with E-state index in [4.69, 9.17) is 0 Å². The number of hydrogen-bond acceptors (Lipinski definition) is 4. The number of hydrogen-bond donors (Lipinski definition) is 1. The van der Waals surface area contributed by atoms with E-state index in [-0.39, 0.29) is 11.7 Å². The van der Waals surface area contributed by atoms with Gasteiger partial charge in [0.2, 0.25) is 0 Å². The summed E-state index contributed by atoms with van der Waals surface area (Å²) >= 11 is 0. The van der Waals surface area contributed by atoms with Gasteiger partial charge in [0.15, 0.2) is 0 Å². The Kier molecular flexibility index (Phi) is 4.35. The minimum absolute atomic E-state index is 0.0635. The van der Waals surface area contributed by atoms with E-state index in [0.717, 1.165) is 11.3 Å². The lowest BCUT2D eigenvalue weighted by Gasteiger charge is -2.35. The van der Waals surface area contributed by atoms with Crippen molar-refractivity contribution < 1.29 is 9.18 Å². The van der Waals surface area contributed by atoms with Crippen molar-refractivity contribution in [2.45, 2.75) is 0 Å². The van der Waals surface area contributed by atoms with Crippen molar-refractivity contribution in [1.29, 1.82) is 0 Å². The van der Waals surface area contributed by atoms with Crippen LogP contribution in [0.15, 0.2) is 54.9 Å². The van der Waals surface area contributed by atoms with E-state index in [1.54, 1.807) is 35.5 Å². The monoisotopic (exact) mass is 351 g/mol. The second-order valence-electron chi connectivity index (χ2n) is 6.16. The number of nitrogens with zero attached hydrogens (tertiary/aromatic N) is 4. The van der Waals surface area contributed by atoms with Crippen molar-refractivity contribution in [2.24, 2.45) is 0 Å². The Hall–Kier alpha value is -3.22.